The predicted molar refractivity (Wildman–Crippen MR) is 176 cm³/mol. The molecule has 51 heavy (non-hydrogen) atoms. The maximum Gasteiger partial charge on any atom is 0.325 e. The highest BCUT2D eigenvalue weighted by Crippen LogP contribution is 2.16. The third-order valence-corrected chi connectivity index (χ3v) is 7.84. The van der Waals surface area contributed by atoms with Gasteiger partial charge in [0, 0.05) is 38.1 Å². The fraction of sp³-hybridized carbons (Fsp3) is 0.485. The summed E-state index contributed by atoms with van der Waals surface area (Å²) in [5.41, 5.74) is 6.02. The molecule has 0 unspecified atom stereocenters. The van der Waals surface area contributed by atoms with Gasteiger partial charge in [-0.05, 0) is 31.2 Å². The summed E-state index contributed by atoms with van der Waals surface area (Å²) < 4.78 is 10.1. The second-order valence-corrected chi connectivity index (χ2v) is 11.7. The van der Waals surface area contributed by atoms with Crippen molar-refractivity contribution in [2.45, 2.75) is 57.0 Å². The van der Waals surface area contributed by atoms with Crippen LogP contribution in [0.1, 0.15) is 44.1 Å². The number of imide groups is 1. The molecule has 1 aromatic rings. The van der Waals surface area contributed by atoms with Crippen molar-refractivity contribution in [2.75, 3.05) is 46.1 Å². The van der Waals surface area contributed by atoms with Gasteiger partial charge in [0.15, 0.2) is 6.61 Å². The number of esters is 1. The summed E-state index contributed by atoms with van der Waals surface area (Å²) in [7, 11) is 0. The highest BCUT2D eigenvalue weighted by atomic mass is 16.5. The Morgan fingerprint density at radius 1 is 0.843 bits per heavy atom. The van der Waals surface area contributed by atoms with Gasteiger partial charge in [0.2, 0.25) is 29.5 Å². The Hall–Kier alpha value is -5.65. The molecule has 2 aliphatic heterocycles. The van der Waals surface area contributed by atoms with E-state index in [1.165, 1.54) is 17.1 Å². The van der Waals surface area contributed by atoms with Gasteiger partial charge in [-0.25, -0.2) is 0 Å². The van der Waals surface area contributed by atoms with E-state index in [1.807, 2.05) is 0 Å². The first-order valence-corrected chi connectivity index (χ1v) is 16.4. The molecule has 8 amide bonds. The minimum atomic E-state index is -1.14. The van der Waals surface area contributed by atoms with Gasteiger partial charge in [-0.3, -0.25) is 48.1 Å². The van der Waals surface area contributed by atoms with Gasteiger partial charge >= 0.3 is 5.97 Å². The van der Waals surface area contributed by atoms with E-state index in [1.54, 1.807) is 30.3 Å². The van der Waals surface area contributed by atoms with Crippen molar-refractivity contribution in [1.29, 1.82) is 0 Å². The number of hydrogen-bond acceptors (Lipinski definition) is 11. The van der Waals surface area contributed by atoms with Gasteiger partial charge in [0.25, 0.3) is 17.7 Å². The van der Waals surface area contributed by atoms with Crippen LogP contribution in [-0.4, -0.2) is 121 Å². The Morgan fingerprint density at radius 2 is 1.57 bits per heavy atom. The number of benzene rings is 1. The fourth-order valence-electron chi connectivity index (χ4n) is 5.20. The average Bonchev–Trinajstić information content (AvgIpc) is 3.74. The zero-order chi connectivity index (χ0) is 37.2. The average molecular weight is 714 g/mol. The normalized spacial score (nSPS) is 15.6. The van der Waals surface area contributed by atoms with Crippen molar-refractivity contribution >= 4 is 53.2 Å². The van der Waals surface area contributed by atoms with Crippen molar-refractivity contribution in [3.05, 3.63) is 48.0 Å². The highest BCUT2D eigenvalue weighted by molar-refractivity contribution is 6.12. The number of rotatable bonds is 21. The van der Waals surface area contributed by atoms with Crippen molar-refractivity contribution in [1.82, 2.24) is 31.1 Å². The molecule has 0 bridgehead atoms. The molecule has 0 saturated carbocycles. The molecule has 1 saturated heterocycles. The molecular formula is C33H43N7O11. The van der Waals surface area contributed by atoms with E-state index in [0.29, 0.717) is 44.2 Å². The van der Waals surface area contributed by atoms with E-state index < -0.39 is 73.2 Å². The predicted octanol–water partition coefficient (Wildman–Crippen LogP) is -2.46. The van der Waals surface area contributed by atoms with E-state index in [-0.39, 0.29) is 44.5 Å². The molecule has 0 aromatic heterocycles. The minimum Gasteiger partial charge on any atom is -0.454 e. The lowest BCUT2D eigenvalue weighted by atomic mass is 10.1. The van der Waals surface area contributed by atoms with Gasteiger partial charge in [0.1, 0.15) is 32.0 Å². The third kappa shape index (κ3) is 14.0. The van der Waals surface area contributed by atoms with E-state index >= 15 is 0 Å². The molecule has 0 aliphatic carbocycles. The van der Waals surface area contributed by atoms with Gasteiger partial charge in [-0.2, -0.15) is 0 Å². The summed E-state index contributed by atoms with van der Waals surface area (Å²) in [4.78, 5) is 111. The fourth-order valence-corrected chi connectivity index (χ4v) is 5.20. The molecule has 6 N–H and O–H groups in total. The van der Waals surface area contributed by atoms with Crippen LogP contribution >= 0.6 is 0 Å². The quantitative estimate of drug-likeness (QED) is 0.0387. The van der Waals surface area contributed by atoms with E-state index in [0.717, 1.165) is 4.90 Å². The summed E-state index contributed by atoms with van der Waals surface area (Å²) in [6.45, 7) is -1.78. The number of carbonyl (C=O) groups excluding carboxylic acids is 9. The molecule has 2 aliphatic rings. The van der Waals surface area contributed by atoms with Crippen LogP contribution < -0.4 is 27.0 Å². The molecule has 1 aromatic carbocycles. The van der Waals surface area contributed by atoms with Crippen LogP contribution in [0.4, 0.5) is 0 Å². The maximum atomic E-state index is 13.0. The summed E-state index contributed by atoms with van der Waals surface area (Å²) in [5, 5.41) is 9.69. The first kappa shape index (κ1) is 39.8. The molecule has 0 spiro atoms. The number of hydrogen-bond donors (Lipinski definition) is 5. The van der Waals surface area contributed by atoms with Crippen LogP contribution in [0.2, 0.25) is 0 Å². The van der Waals surface area contributed by atoms with Crippen LogP contribution in [0, 0.1) is 0 Å². The topological polar surface area (TPSA) is 253 Å². The Labute approximate surface area is 293 Å². The molecule has 18 heteroatoms. The number of likely N-dealkylation sites (tertiary alicyclic amines) is 1. The molecular weight excluding hydrogens is 670 g/mol. The van der Waals surface area contributed by atoms with Crippen molar-refractivity contribution in [2.24, 2.45) is 5.73 Å². The van der Waals surface area contributed by atoms with Gasteiger partial charge in [-0.15, -0.1) is 0 Å². The van der Waals surface area contributed by atoms with Gasteiger partial charge in [0.05, 0.1) is 6.54 Å². The Kier molecular flexibility index (Phi) is 16.2. The zero-order valence-electron chi connectivity index (χ0n) is 28.1. The Balaban J connectivity index is 1.33. The van der Waals surface area contributed by atoms with Crippen LogP contribution in [0.3, 0.4) is 0 Å². The summed E-state index contributed by atoms with van der Waals surface area (Å²) in [5.74, 6) is -5.20. The lowest BCUT2D eigenvalue weighted by molar-refractivity contribution is -0.148. The van der Waals surface area contributed by atoms with E-state index in [4.69, 9.17) is 15.2 Å². The molecule has 2 atom stereocenters. The number of unbranched alkanes of at least 4 members (excludes halogenated alkanes) is 2. The Morgan fingerprint density at radius 3 is 2.27 bits per heavy atom. The second-order valence-electron chi connectivity index (χ2n) is 11.7. The zero-order valence-corrected chi connectivity index (χ0v) is 28.1. The summed E-state index contributed by atoms with van der Waals surface area (Å²) in [6.07, 6.45) is 5.26. The van der Waals surface area contributed by atoms with Gasteiger partial charge in [-0.1, -0.05) is 36.8 Å². The molecule has 18 nitrogen and oxygen atoms in total. The lowest BCUT2D eigenvalue weighted by Gasteiger charge is -2.22. The highest BCUT2D eigenvalue weighted by Gasteiger charge is 2.32. The number of nitrogens with two attached hydrogens (primary N) is 1. The monoisotopic (exact) mass is 713 g/mol. The number of nitrogens with one attached hydrogen (secondary N) is 4. The number of nitrogens with zero attached hydrogens (tertiary/aromatic N) is 2. The Bertz CT molecular complexity index is 1470. The van der Waals surface area contributed by atoms with Crippen molar-refractivity contribution in [3.8, 4) is 0 Å². The van der Waals surface area contributed by atoms with Crippen LogP contribution in [0.15, 0.2) is 42.5 Å². The standard InChI is InChI=1S/C33H43N7O11/c34-32(48)24-10-7-15-39(24)30(46)20-50-21-37-26(42)17-36-33(49)23(16-22-8-3-1-4-9-22)38-27(43)19-51-31(47)18-35-25(41)11-5-2-6-14-40-28(44)12-13-29(40)45/h1,3-4,8-9,12-13,23-24H,2,5-7,10-11,14-21H2,(H2,34,48)(H,35,41)(H,36,49)(H,37,42)(H,38,43)/t23-,24-/m0/s1. The van der Waals surface area contributed by atoms with E-state index in [2.05, 4.69) is 21.3 Å². The third-order valence-electron chi connectivity index (χ3n) is 7.84. The first-order chi connectivity index (χ1) is 24.4. The smallest absolute Gasteiger partial charge is 0.325 e. The number of carbonyl (C=O) groups is 9. The largest absolute Gasteiger partial charge is 0.454 e. The molecule has 3 rings (SSSR count). The van der Waals surface area contributed by atoms with E-state index in [9.17, 15) is 43.2 Å². The summed E-state index contributed by atoms with van der Waals surface area (Å²) >= 11 is 0. The number of amides is 8. The van der Waals surface area contributed by atoms with Gasteiger partial charge < -0.3 is 41.4 Å². The second kappa shape index (κ2) is 20.8. The SMILES string of the molecule is NC(=O)[C@@H]1CCCN1C(=O)COCNC(=O)CNC(=O)[C@H](Cc1ccccc1)NC(=O)COC(=O)CNC(=O)CCCCCN1C(=O)C=CC1=O. The minimum absolute atomic E-state index is 0.0551. The van der Waals surface area contributed by atoms with Crippen molar-refractivity contribution in [3.63, 3.8) is 0 Å². The van der Waals surface area contributed by atoms with Crippen LogP contribution in [-0.2, 0) is 59.0 Å². The molecule has 276 valence electrons. The summed E-state index contributed by atoms with van der Waals surface area (Å²) in [6, 6.07) is 6.91. The molecule has 1 fully saturated rings. The number of ether oxygens (including phenoxy) is 2. The lowest BCUT2D eigenvalue weighted by Crippen LogP contribution is -2.51. The number of primary amides is 1. The van der Waals surface area contributed by atoms with Crippen LogP contribution in [0.25, 0.3) is 0 Å². The van der Waals surface area contributed by atoms with Crippen molar-refractivity contribution < 1.29 is 52.6 Å². The molecule has 0 radical (unpaired) electrons. The maximum absolute atomic E-state index is 13.0. The van der Waals surface area contributed by atoms with Crippen LogP contribution in [0.5, 0.6) is 0 Å². The first-order valence-electron chi connectivity index (χ1n) is 16.4. The molecule has 2 heterocycles.